The number of hydrogen-bond donors (Lipinski definition) is 0. The Labute approximate surface area is 483 Å². The summed E-state index contributed by atoms with van der Waals surface area (Å²) in [5.74, 6) is 3.57. The molecule has 2 spiro atoms. The van der Waals surface area contributed by atoms with E-state index in [1.807, 2.05) is 0 Å². The summed E-state index contributed by atoms with van der Waals surface area (Å²) >= 11 is 0. The maximum atomic E-state index is 6.65. The molecule has 17 rings (SSSR count). The second-order valence-electron chi connectivity index (χ2n) is 22.2. The molecule has 83 heavy (non-hydrogen) atoms. The third-order valence-electron chi connectivity index (χ3n) is 18.0. The van der Waals surface area contributed by atoms with Crippen molar-refractivity contribution in [2.75, 3.05) is 4.90 Å². The van der Waals surface area contributed by atoms with Crippen LogP contribution in [0.3, 0.4) is 0 Å². The summed E-state index contributed by atoms with van der Waals surface area (Å²) < 4.78 is 13.3. The van der Waals surface area contributed by atoms with Gasteiger partial charge in [-0.2, -0.15) is 0 Å². The van der Waals surface area contributed by atoms with E-state index in [2.05, 4.69) is 314 Å². The Balaban J connectivity index is 0.821. The Morgan fingerprint density at radius 2 is 0.530 bits per heavy atom. The molecule has 0 N–H and O–H groups in total. The molecule has 3 heteroatoms. The van der Waals surface area contributed by atoms with Gasteiger partial charge in [0.05, 0.1) is 16.5 Å². The van der Waals surface area contributed by atoms with E-state index < -0.39 is 10.8 Å². The van der Waals surface area contributed by atoms with Crippen LogP contribution < -0.4 is 14.4 Å². The first kappa shape index (κ1) is 47.1. The predicted molar refractivity (Wildman–Crippen MR) is 338 cm³/mol. The highest BCUT2D eigenvalue weighted by Crippen LogP contribution is 2.64. The maximum Gasteiger partial charge on any atom is 0.132 e. The van der Waals surface area contributed by atoms with Crippen molar-refractivity contribution < 1.29 is 9.47 Å². The van der Waals surface area contributed by atoms with Crippen LogP contribution in [0.1, 0.15) is 44.5 Å². The van der Waals surface area contributed by atoms with Crippen LogP contribution >= 0.6 is 0 Å². The smallest absolute Gasteiger partial charge is 0.132 e. The molecule has 13 aromatic rings. The van der Waals surface area contributed by atoms with Gasteiger partial charge in [-0.15, -0.1) is 0 Å². The minimum absolute atomic E-state index is 0.534. The van der Waals surface area contributed by atoms with Crippen molar-refractivity contribution in [2.24, 2.45) is 0 Å². The van der Waals surface area contributed by atoms with Gasteiger partial charge in [0.15, 0.2) is 0 Å². The van der Waals surface area contributed by atoms with Gasteiger partial charge in [-0.05, 0) is 150 Å². The average molecular weight is 1060 g/mol. The normalized spacial score (nSPS) is 13.7. The predicted octanol–water partition coefficient (Wildman–Crippen LogP) is 20.8. The third kappa shape index (κ3) is 6.92. The van der Waals surface area contributed by atoms with E-state index in [-0.39, 0.29) is 0 Å². The Morgan fingerprint density at radius 1 is 0.205 bits per heavy atom. The van der Waals surface area contributed by atoms with Crippen LogP contribution in [0.15, 0.2) is 309 Å². The molecule has 0 bridgehead atoms. The highest BCUT2D eigenvalue weighted by atomic mass is 16.5. The molecule has 0 unspecified atom stereocenters. The molecular formula is C80H51NO2. The van der Waals surface area contributed by atoms with Crippen LogP contribution in [0.5, 0.6) is 23.0 Å². The van der Waals surface area contributed by atoms with Crippen molar-refractivity contribution in [2.45, 2.75) is 10.8 Å². The topological polar surface area (TPSA) is 21.7 Å². The van der Waals surface area contributed by atoms with Gasteiger partial charge in [0, 0.05) is 39.2 Å². The summed E-state index contributed by atoms with van der Waals surface area (Å²) in [5, 5.41) is 0. The quantitative estimate of drug-likeness (QED) is 0.159. The second kappa shape index (κ2) is 18.4. The number of fused-ring (bicyclic) bond motifs is 18. The number of hydrogen-bond acceptors (Lipinski definition) is 3. The summed E-state index contributed by atoms with van der Waals surface area (Å²) in [6.45, 7) is 0. The van der Waals surface area contributed by atoms with Crippen molar-refractivity contribution >= 4 is 17.1 Å². The number of nitrogens with zero attached hydrogens (tertiary/aromatic N) is 1. The van der Waals surface area contributed by atoms with Crippen molar-refractivity contribution in [3.05, 3.63) is 354 Å². The van der Waals surface area contributed by atoms with Gasteiger partial charge >= 0.3 is 0 Å². The number of benzene rings is 13. The molecule has 2 heterocycles. The van der Waals surface area contributed by atoms with Gasteiger partial charge in [-0.1, -0.05) is 243 Å². The van der Waals surface area contributed by atoms with E-state index in [1.54, 1.807) is 0 Å². The Morgan fingerprint density at radius 3 is 1.00 bits per heavy atom. The largest absolute Gasteiger partial charge is 0.457 e. The summed E-state index contributed by atoms with van der Waals surface area (Å²) in [4.78, 5) is 2.45. The molecule has 0 amide bonds. The van der Waals surface area contributed by atoms with Crippen LogP contribution in [0, 0.1) is 0 Å². The molecule has 0 saturated heterocycles. The lowest BCUT2D eigenvalue weighted by Crippen LogP contribution is -2.32. The number of anilines is 3. The fourth-order valence-electron chi connectivity index (χ4n) is 14.5. The van der Waals surface area contributed by atoms with Crippen LogP contribution in [0.4, 0.5) is 17.1 Å². The van der Waals surface area contributed by atoms with Crippen molar-refractivity contribution in [1.82, 2.24) is 0 Å². The number of rotatable bonds is 7. The molecule has 4 aliphatic rings. The summed E-state index contributed by atoms with van der Waals surface area (Å²) in [7, 11) is 0. The van der Waals surface area contributed by atoms with Crippen molar-refractivity contribution in [1.29, 1.82) is 0 Å². The third-order valence-corrected chi connectivity index (χ3v) is 18.0. The van der Waals surface area contributed by atoms with E-state index in [9.17, 15) is 0 Å². The van der Waals surface area contributed by atoms with Crippen LogP contribution in [0.2, 0.25) is 0 Å². The standard InChI is InChI=1S/C80H51NO2/c1-2-20-52(21-3-1)53-40-42-54(43-41-53)61-26-6-13-35-74(61)81(59-24-18-22-55(48-59)57-44-46-68-64(50-57)62-27-4-7-29-66(62)79(68)70-31-9-14-36-75(70)82-76-37-15-10-32-71(76)79)60-25-19-23-56(49-60)58-45-47-69-65(51-58)63-28-5-8-30-67(63)80(69)72-33-11-16-38-77(72)83-78-39-17-12-34-73(78)80/h1-51H. The fourth-order valence-corrected chi connectivity index (χ4v) is 14.5. The Bertz CT molecular complexity index is 4430. The van der Waals surface area contributed by atoms with Gasteiger partial charge in [-0.3, -0.25) is 0 Å². The van der Waals surface area contributed by atoms with E-state index in [0.717, 1.165) is 95.7 Å². The maximum absolute atomic E-state index is 6.65. The summed E-state index contributed by atoms with van der Waals surface area (Å²) in [5.41, 5.74) is 26.0. The highest BCUT2D eigenvalue weighted by molar-refractivity contribution is 5.95. The molecule has 0 radical (unpaired) electrons. The van der Waals surface area contributed by atoms with Gasteiger partial charge < -0.3 is 14.4 Å². The van der Waals surface area contributed by atoms with Crippen molar-refractivity contribution in [3.63, 3.8) is 0 Å². The van der Waals surface area contributed by atoms with E-state index in [0.29, 0.717) is 0 Å². The second-order valence-corrected chi connectivity index (χ2v) is 22.2. The van der Waals surface area contributed by atoms with Gasteiger partial charge in [0.25, 0.3) is 0 Å². The molecule has 388 valence electrons. The van der Waals surface area contributed by atoms with Crippen LogP contribution in [-0.2, 0) is 10.8 Å². The Kier molecular flexibility index (Phi) is 10.4. The van der Waals surface area contributed by atoms with Gasteiger partial charge in [0.2, 0.25) is 0 Å². The first-order valence-corrected chi connectivity index (χ1v) is 28.6. The highest BCUT2D eigenvalue weighted by Gasteiger charge is 2.52. The minimum Gasteiger partial charge on any atom is -0.457 e. The van der Waals surface area contributed by atoms with E-state index in [4.69, 9.17) is 9.47 Å². The number of ether oxygens (including phenoxy) is 2. The minimum atomic E-state index is -0.534. The zero-order valence-electron chi connectivity index (χ0n) is 45.2. The first-order valence-electron chi connectivity index (χ1n) is 28.6. The number of para-hydroxylation sites is 5. The monoisotopic (exact) mass is 1060 g/mol. The molecule has 2 aliphatic carbocycles. The van der Waals surface area contributed by atoms with Crippen molar-refractivity contribution in [3.8, 4) is 89.8 Å². The molecule has 13 aromatic carbocycles. The summed E-state index contributed by atoms with van der Waals surface area (Å²) in [6, 6.07) is 113. The molecule has 0 saturated carbocycles. The Hall–Kier alpha value is -10.7. The molecule has 3 nitrogen and oxygen atoms in total. The first-order chi connectivity index (χ1) is 41.1. The molecular weight excluding hydrogens is 1010 g/mol. The lowest BCUT2D eigenvalue weighted by Gasteiger charge is -2.39. The average Bonchev–Trinajstić information content (AvgIpc) is 1.75. The summed E-state index contributed by atoms with van der Waals surface area (Å²) in [6.07, 6.45) is 0. The van der Waals surface area contributed by atoms with Crippen LogP contribution in [-0.4, -0.2) is 0 Å². The SMILES string of the molecule is c1ccc(-c2ccc(-c3ccccc3N(c3cccc(-c4ccc5c(c4)-c4ccccc4C54c5ccccc5Oc5ccccc54)c3)c3cccc(-c4ccc5c(c4)-c4ccccc4C54c5ccccc5Oc5ccccc54)c3)cc2)cc1. The zero-order chi connectivity index (χ0) is 54.6. The van der Waals surface area contributed by atoms with E-state index in [1.165, 1.54) is 55.6 Å². The molecule has 2 aliphatic heterocycles. The molecule has 0 aromatic heterocycles. The van der Waals surface area contributed by atoms with Crippen LogP contribution in [0.25, 0.3) is 66.8 Å². The van der Waals surface area contributed by atoms with E-state index >= 15 is 0 Å². The van der Waals surface area contributed by atoms with Gasteiger partial charge in [-0.25, -0.2) is 0 Å². The lowest BCUT2D eigenvalue weighted by atomic mass is 9.66. The molecule has 0 fully saturated rings. The zero-order valence-corrected chi connectivity index (χ0v) is 45.2. The fraction of sp³-hybridized carbons (Fsp3) is 0.0250. The molecule has 0 atom stereocenters. The van der Waals surface area contributed by atoms with Gasteiger partial charge in [0.1, 0.15) is 23.0 Å². The lowest BCUT2D eigenvalue weighted by molar-refractivity contribution is 0.436.